The van der Waals surface area contributed by atoms with Crippen molar-refractivity contribution in [3.05, 3.63) is 46.0 Å². The number of urea groups is 1. The summed E-state index contributed by atoms with van der Waals surface area (Å²) < 4.78 is 15.0. The number of aliphatic hydroxyl groups excluding tert-OH is 1. The highest BCUT2D eigenvalue weighted by atomic mass is 35.5. The molecule has 0 fully saturated rings. The van der Waals surface area contributed by atoms with Crippen LogP contribution in [0.4, 0.5) is 14.9 Å². The highest BCUT2D eigenvalue weighted by Gasteiger charge is 2.38. The van der Waals surface area contributed by atoms with Crippen molar-refractivity contribution in [1.82, 2.24) is 19.6 Å². The van der Waals surface area contributed by atoms with Crippen LogP contribution in [0.25, 0.3) is 0 Å². The number of nitrogens with one attached hydrogen (secondary N) is 1. The first kappa shape index (κ1) is 20.6. The van der Waals surface area contributed by atoms with Crippen molar-refractivity contribution in [2.24, 2.45) is 5.41 Å². The van der Waals surface area contributed by atoms with Gasteiger partial charge in [-0.05, 0) is 18.2 Å². The topological polar surface area (TPSA) is 90.7 Å². The molecule has 0 aliphatic carbocycles. The number of hydrogen-bond acceptors (Lipinski definition) is 4. The quantitative estimate of drug-likeness (QED) is 0.757. The van der Waals surface area contributed by atoms with Crippen LogP contribution in [0.2, 0.25) is 5.02 Å². The molecule has 8 nitrogen and oxygen atoms in total. The van der Waals surface area contributed by atoms with Gasteiger partial charge < -0.3 is 20.2 Å². The van der Waals surface area contributed by atoms with E-state index in [0.717, 1.165) is 11.3 Å². The molecule has 0 saturated carbocycles. The van der Waals surface area contributed by atoms with E-state index in [4.69, 9.17) is 11.6 Å². The molecule has 0 radical (unpaired) electrons. The fourth-order valence-electron chi connectivity index (χ4n) is 4.07. The second-order valence-electron chi connectivity index (χ2n) is 8.29. The van der Waals surface area contributed by atoms with Gasteiger partial charge in [-0.1, -0.05) is 18.5 Å². The molecule has 2 aliphatic heterocycles. The number of nitrogens with zero attached hydrogens (tertiary/aromatic N) is 4. The third-order valence-corrected chi connectivity index (χ3v) is 5.93. The van der Waals surface area contributed by atoms with Crippen LogP contribution in [-0.2, 0) is 19.5 Å². The van der Waals surface area contributed by atoms with E-state index in [-0.39, 0.29) is 30.1 Å². The summed E-state index contributed by atoms with van der Waals surface area (Å²) in [6, 6.07) is 3.62. The predicted octanol–water partition coefficient (Wildman–Crippen LogP) is 2.35. The van der Waals surface area contributed by atoms with E-state index in [1.807, 2.05) is 6.92 Å². The number of rotatable bonds is 2. The van der Waals surface area contributed by atoms with Gasteiger partial charge in [0, 0.05) is 43.2 Å². The number of aromatic nitrogens is 2. The third-order valence-electron chi connectivity index (χ3n) is 5.64. The van der Waals surface area contributed by atoms with E-state index in [2.05, 4.69) is 10.4 Å². The molecule has 2 aromatic rings. The maximum atomic E-state index is 13.3. The first-order valence-electron chi connectivity index (χ1n) is 9.66. The maximum Gasteiger partial charge on any atom is 0.322 e. The van der Waals surface area contributed by atoms with E-state index in [0.29, 0.717) is 37.4 Å². The Kier molecular flexibility index (Phi) is 5.19. The Morgan fingerprint density at radius 3 is 2.87 bits per heavy atom. The first-order valence-corrected chi connectivity index (χ1v) is 10.0. The van der Waals surface area contributed by atoms with Crippen LogP contribution >= 0.6 is 11.6 Å². The molecule has 30 heavy (non-hydrogen) atoms. The van der Waals surface area contributed by atoms with Crippen LogP contribution in [-0.4, -0.2) is 63.4 Å². The Labute approximate surface area is 178 Å². The number of benzene rings is 1. The number of amides is 3. The van der Waals surface area contributed by atoms with E-state index < -0.39 is 11.2 Å². The number of aliphatic hydroxyl groups is 1. The zero-order valence-corrected chi connectivity index (χ0v) is 17.5. The number of halogens is 2. The van der Waals surface area contributed by atoms with Gasteiger partial charge in [-0.3, -0.25) is 9.48 Å². The molecule has 1 atom stereocenters. The minimum atomic E-state index is -0.558. The molecular weight excluding hydrogens is 413 g/mol. The zero-order chi connectivity index (χ0) is 21.6. The second-order valence-corrected chi connectivity index (χ2v) is 8.70. The smallest absolute Gasteiger partial charge is 0.322 e. The number of hydrogen-bond donors (Lipinski definition) is 2. The Hall–Kier alpha value is -2.65. The molecule has 0 bridgehead atoms. The van der Waals surface area contributed by atoms with Crippen LogP contribution in [0.15, 0.2) is 18.2 Å². The van der Waals surface area contributed by atoms with Gasteiger partial charge in [0.2, 0.25) is 0 Å². The lowest BCUT2D eigenvalue weighted by Gasteiger charge is -2.29. The summed E-state index contributed by atoms with van der Waals surface area (Å²) in [5.74, 6) is -0.731. The molecule has 1 aromatic carbocycles. The molecule has 0 saturated heterocycles. The van der Waals surface area contributed by atoms with E-state index in [9.17, 15) is 19.1 Å². The average Bonchev–Trinajstić information content (AvgIpc) is 3.02. The van der Waals surface area contributed by atoms with Crippen molar-refractivity contribution >= 4 is 29.2 Å². The Morgan fingerprint density at radius 2 is 2.17 bits per heavy atom. The third kappa shape index (κ3) is 3.63. The summed E-state index contributed by atoms with van der Waals surface area (Å²) in [5, 5.41) is 17.1. The summed E-state index contributed by atoms with van der Waals surface area (Å²) in [7, 11) is 1.71. The largest absolute Gasteiger partial charge is 0.396 e. The number of anilines is 1. The second kappa shape index (κ2) is 7.55. The van der Waals surface area contributed by atoms with E-state index in [1.54, 1.807) is 21.5 Å². The van der Waals surface area contributed by atoms with E-state index >= 15 is 0 Å². The normalized spacial score (nSPS) is 21.2. The number of carbonyl (C=O) groups excluding carboxylic acids is 2. The fourth-order valence-corrected chi connectivity index (χ4v) is 4.25. The van der Waals surface area contributed by atoms with Crippen molar-refractivity contribution in [2.45, 2.75) is 26.4 Å². The maximum absolute atomic E-state index is 13.3. The van der Waals surface area contributed by atoms with Crippen LogP contribution in [0.3, 0.4) is 0 Å². The van der Waals surface area contributed by atoms with Gasteiger partial charge in [0.05, 0.1) is 30.4 Å². The summed E-state index contributed by atoms with van der Waals surface area (Å²) >= 11 is 5.78. The molecular formula is C20H23ClFN5O3. The van der Waals surface area contributed by atoms with Crippen LogP contribution in [0.5, 0.6) is 0 Å². The summed E-state index contributed by atoms with van der Waals surface area (Å²) in [5.41, 5.74) is 1.88. The number of fused-ring (bicyclic) bond motifs is 3. The zero-order valence-electron chi connectivity index (χ0n) is 16.8. The molecule has 160 valence electrons. The standard InChI is InChI=1S/C20H23ClFN5O3/c1-20(11-28)9-25(2)18(29)17-13-8-26(6-5-16(13)24-27(17)10-20)19(30)23-12-3-4-15(22)14(21)7-12/h3-4,7,28H,5-6,8-11H2,1-2H3,(H,23,30). The lowest BCUT2D eigenvalue weighted by atomic mass is 9.91. The first-order chi connectivity index (χ1) is 14.2. The Bertz CT molecular complexity index is 1030. The minimum Gasteiger partial charge on any atom is -0.396 e. The monoisotopic (exact) mass is 435 g/mol. The van der Waals surface area contributed by atoms with Gasteiger partial charge in [-0.25, -0.2) is 9.18 Å². The van der Waals surface area contributed by atoms with Crippen LogP contribution in [0.1, 0.15) is 28.7 Å². The molecule has 1 aromatic heterocycles. The van der Waals surface area contributed by atoms with Gasteiger partial charge in [0.1, 0.15) is 11.5 Å². The SMILES string of the molecule is CN1CC(C)(CO)Cn2nc3c(c2C1=O)CN(C(=O)Nc1ccc(F)c(Cl)c1)CC3. The molecule has 10 heteroatoms. The van der Waals surface area contributed by atoms with Gasteiger partial charge >= 0.3 is 6.03 Å². The highest BCUT2D eigenvalue weighted by molar-refractivity contribution is 6.31. The average molecular weight is 436 g/mol. The van der Waals surface area contributed by atoms with E-state index in [1.165, 1.54) is 18.2 Å². The van der Waals surface area contributed by atoms with Gasteiger partial charge in [0.25, 0.3) is 5.91 Å². The lowest BCUT2D eigenvalue weighted by molar-refractivity contribution is 0.0640. The molecule has 1 unspecified atom stereocenters. The highest BCUT2D eigenvalue weighted by Crippen LogP contribution is 2.31. The molecule has 2 aliphatic rings. The summed E-state index contributed by atoms with van der Waals surface area (Å²) in [6.45, 7) is 3.36. The molecule has 4 rings (SSSR count). The van der Waals surface area contributed by atoms with Crippen molar-refractivity contribution in [1.29, 1.82) is 0 Å². The fraction of sp³-hybridized carbons (Fsp3) is 0.450. The molecule has 3 amide bonds. The van der Waals surface area contributed by atoms with Gasteiger partial charge in [-0.2, -0.15) is 5.10 Å². The Morgan fingerprint density at radius 1 is 1.40 bits per heavy atom. The minimum absolute atomic E-state index is 0.0661. The molecule has 3 heterocycles. The van der Waals surface area contributed by atoms with Gasteiger partial charge in [0.15, 0.2) is 0 Å². The van der Waals surface area contributed by atoms with Crippen molar-refractivity contribution in [2.75, 3.05) is 32.1 Å². The molecule has 0 spiro atoms. The predicted molar refractivity (Wildman–Crippen MR) is 109 cm³/mol. The lowest BCUT2D eigenvalue weighted by Crippen LogP contribution is -2.40. The summed E-state index contributed by atoms with van der Waals surface area (Å²) in [4.78, 5) is 29.0. The van der Waals surface area contributed by atoms with Crippen molar-refractivity contribution in [3.8, 4) is 0 Å². The van der Waals surface area contributed by atoms with Crippen molar-refractivity contribution in [3.63, 3.8) is 0 Å². The van der Waals surface area contributed by atoms with Crippen LogP contribution < -0.4 is 5.32 Å². The van der Waals surface area contributed by atoms with Gasteiger partial charge in [-0.15, -0.1) is 0 Å². The summed E-state index contributed by atoms with van der Waals surface area (Å²) in [6.07, 6.45) is 0.514. The van der Waals surface area contributed by atoms with Crippen LogP contribution in [0, 0.1) is 11.2 Å². The Balaban J connectivity index is 1.59. The molecule has 2 N–H and O–H groups in total. The van der Waals surface area contributed by atoms with Crippen molar-refractivity contribution < 1.29 is 19.1 Å². The number of carbonyl (C=O) groups is 2.